The third kappa shape index (κ3) is 4.83. The lowest BCUT2D eigenvalue weighted by molar-refractivity contribution is 0.199. The van der Waals surface area contributed by atoms with E-state index in [-0.39, 0.29) is 5.41 Å². The lowest BCUT2D eigenvalue weighted by Gasteiger charge is -2.47. The molecule has 5 aliphatic carbocycles. The summed E-state index contributed by atoms with van der Waals surface area (Å²) in [5.41, 5.74) is 10.4. The Balaban J connectivity index is 1.04. The highest BCUT2D eigenvalue weighted by Gasteiger charge is 2.52. The van der Waals surface area contributed by atoms with E-state index in [2.05, 4.69) is 132 Å². The largest absolute Gasteiger partial charge is 0.368 e. The minimum Gasteiger partial charge on any atom is -0.368 e. The van der Waals surface area contributed by atoms with Crippen LogP contribution in [0.5, 0.6) is 0 Å². The second-order valence-electron chi connectivity index (χ2n) is 16.6. The Morgan fingerprint density at radius 2 is 1.58 bits per heavy atom. The van der Waals surface area contributed by atoms with Crippen LogP contribution in [0.1, 0.15) is 117 Å². The summed E-state index contributed by atoms with van der Waals surface area (Å²) in [4.78, 5) is 8.97. The van der Waals surface area contributed by atoms with Crippen LogP contribution in [-0.4, -0.2) is 17.0 Å². The van der Waals surface area contributed by atoms with Crippen LogP contribution < -0.4 is 0 Å². The molecule has 52 heavy (non-hydrogen) atoms. The molecule has 1 fully saturated rings. The first kappa shape index (κ1) is 32.1. The SMILES string of the molecule is C1=CC2=C(CC1)Sc1c(C3CC=CCC3)cccc1C21c2ccccc2Sc2cc(C3C=CC4C5C=CCCC5N(C5=CCCCC5)C4C3)ccc21. The highest BCUT2D eigenvalue weighted by molar-refractivity contribution is 8.03. The van der Waals surface area contributed by atoms with Crippen molar-refractivity contribution >= 4 is 23.5 Å². The molecule has 0 N–H and O–H groups in total. The van der Waals surface area contributed by atoms with Crippen LogP contribution in [0, 0.1) is 11.8 Å². The number of rotatable bonds is 3. The van der Waals surface area contributed by atoms with Gasteiger partial charge in [-0.05, 0) is 133 Å². The zero-order chi connectivity index (χ0) is 34.2. The van der Waals surface area contributed by atoms with E-state index in [0.717, 1.165) is 19.3 Å². The Labute approximate surface area is 319 Å². The van der Waals surface area contributed by atoms with Gasteiger partial charge in [-0.2, -0.15) is 0 Å². The lowest BCUT2D eigenvalue weighted by atomic mass is 9.62. The fourth-order valence-electron chi connectivity index (χ4n) is 11.7. The van der Waals surface area contributed by atoms with E-state index < -0.39 is 0 Å². The lowest BCUT2D eigenvalue weighted by Crippen LogP contribution is -2.39. The average Bonchev–Trinajstić information content (AvgIpc) is 3.55. The summed E-state index contributed by atoms with van der Waals surface area (Å²) in [6, 6.07) is 25.8. The minimum atomic E-state index is -0.297. The summed E-state index contributed by atoms with van der Waals surface area (Å²) in [5.74, 6) is 2.34. The number of nitrogens with zero attached hydrogens (tertiary/aromatic N) is 1. The van der Waals surface area contributed by atoms with Gasteiger partial charge in [-0.15, -0.1) is 0 Å². The number of hydrogen-bond donors (Lipinski definition) is 0. The van der Waals surface area contributed by atoms with Crippen molar-refractivity contribution in [3.8, 4) is 0 Å². The fraction of sp³-hybridized carbons (Fsp3) is 0.388. The quantitative estimate of drug-likeness (QED) is 0.249. The van der Waals surface area contributed by atoms with E-state index in [1.807, 2.05) is 11.8 Å². The van der Waals surface area contributed by atoms with E-state index in [9.17, 15) is 0 Å². The van der Waals surface area contributed by atoms with Gasteiger partial charge in [0.2, 0.25) is 0 Å². The number of likely N-dealkylation sites (tertiary alicyclic amines) is 1. The molecular weight excluding hydrogens is 667 g/mol. The second-order valence-corrected chi connectivity index (χ2v) is 18.7. The van der Waals surface area contributed by atoms with Crippen LogP contribution in [-0.2, 0) is 5.41 Å². The predicted octanol–water partition coefficient (Wildman–Crippen LogP) is 13.2. The third-order valence-corrected chi connectivity index (χ3v) is 16.4. The molecular formula is C49H49NS2. The first-order valence-electron chi connectivity index (χ1n) is 20.4. The van der Waals surface area contributed by atoms with Crippen LogP contribution >= 0.6 is 23.5 Å². The summed E-state index contributed by atoms with van der Waals surface area (Å²) in [6.07, 6.45) is 37.6. The van der Waals surface area contributed by atoms with E-state index in [4.69, 9.17) is 0 Å². The first-order chi connectivity index (χ1) is 25.8. The molecule has 0 saturated carbocycles. The molecule has 1 nitrogen and oxygen atoms in total. The molecule has 3 aliphatic heterocycles. The van der Waals surface area contributed by atoms with Gasteiger partial charge in [-0.3, -0.25) is 0 Å². The average molecular weight is 716 g/mol. The molecule has 3 aromatic rings. The maximum absolute atomic E-state index is 2.96. The van der Waals surface area contributed by atoms with Crippen LogP contribution in [0.2, 0.25) is 0 Å². The highest BCUT2D eigenvalue weighted by atomic mass is 32.2. The zero-order valence-corrected chi connectivity index (χ0v) is 31.8. The molecule has 3 heterocycles. The zero-order valence-electron chi connectivity index (χ0n) is 30.2. The van der Waals surface area contributed by atoms with Crippen LogP contribution in [0.3, 0.4) is 0 Å². The van der Waals surface area contributed by atoms with E-state index in [0.29, 0.717) is 35.8 Å². The van der Waals surface area contributed by atoms with Crippen molar-refractivity contribution in [2.75, 3.05) is 0 Å². The van der Waals surface area contributed by atoms with Crippen LogP contribution in [0.4, 0.5) is 0 Å². The van der Waals surface area contributed by atoms with Crippen molar-refractivity contribution in [3.05, 3.63) is 159 Å². The molecule has 3 heteroatoms. The molecule has 1 saturated heterocycles. The first-order valence-corrected chi connectivity index (χ1v) is 22.0. The van der Waals surface area contributed by atoms with E-state index in [1.165, 1.54) is 95.4 Å². The molecule has 7 unspecified atom stereocenters. The summed E-state index contributed by atoms with van der Waals surface area (Å²) >= 11 is 4.13. The Hall–Kier alpha value is -3.40. The number of thioether (sulfide) groups is 1. The van der Waals surface area contributed by atoms with Crippen molar-refractivity contribution in [1.82, 2.24) is 4.90 Å². The second kappa shape index (κ2) is 12.9. The number of hydrogen-bond acceptors (Lipinski definition) is 3. The molecule has 0 radical (unpaired) electrons. The highest BCUT2D eigenvalue weighted by Crippen LogP contribution is 2.64. The number of fused-ring (bicyclic) bond motifs is 10. The molecule has 1 spiro atoms. The molecule has 8 aliphatic rings. The molecule has 0 aromatic heterocycles. The maximum atomic E-state index is 2.96. The molecule has 7 atom stereocenters. The summed E-state index contributed by atoms with van der Waals surface area (Å²) < 4.78 is 0. The smallest absolute Gasteiger partial charge is 0.0742 e. The van der Waals surface area contributed by atoms with E-state index >= 15 is 0 Å². The van der Waals surface area contributed by atoms with Gasteiger partial charge in [0.05, 0.1) is 5.41 Å². The topological polar surface area (TPSA) is 3.24 Å². The summed E-state index contributed by atoms with van der Waals surface area (Å²) in [6.45, 7) is 0. The summed E-state index contributed by atoms with van der Waals surface area (Å²) in [7, 11) is 0. The van der Waals surface area contributed by atoms with Gasteiger partial charge in [-0.25, -0.2) is 0 Å². The Morgan fingerprint density at radius 3 is 2.50 bits per heavy atom. The van der Waals surface area contributed by atoms with Crippen molar-refractivity contribution in [2.24, 2.45) is 11.8 Å². The minimum absolute atomic E-state index is 0.297. The predicted molar refractivity (Wildman–Crippen MR) is 218 cm³/mol. The standard InChI is InChI=1S/C49H49NS2/c1-3-14-32(15-4-1)36-19-13-22-42-48(36)52-46-25-12-9-21-40(46)49(42)39-20-8-11-24-45(39)51-47-31-34(27-29-41(47)49)33-26-28-38-37-18-7-10-23-43(37)50(44(38)30-33)35-16-5-2-6-17-35/h1,3,7-9,11,13,16,18-22,24,26-29,31-33,37-38,43-44H,2,4-6,10,12,14-15,17,23,25,30H2. The Morgan fingerprint density at radius 1 is 0.673 bits per heavy atom. The van der Waals surface area contributed by atoms with Gasteiger partial charge in [-0.1, -0.05) is 127 Å². The van der Waals surface area contributed by atoms with Gasteiger partial charge in [0.25, 0.3) is 0 Å². The number of allylic oxidation sites excluding steroid dienone is 10. The number of benzene rings is 3. The van der Waals surface area contributed by atoms with Gasteiger partial charge < -0.3 is 4.90 Å². The normalized spacial score (nSPS) is 32.5. The van der Waals surface area contributed by atoms with Crippen molar-refractivity contribution in [1.29, 1.82) is 0 Å². The van der Waals surface area contributed by atoms with Crippen LogP contribution in [0.15, 0.2) is 146 Å². The van der Waals surface area contributed by atoms with Gasteiger partial charge >= 0.3 is 0 Å². The van der Waals surface area contributed by atoms with Gasteiger partial charge in [0, 0.05) is 50.2 Å². The van der Waals surface area contributed by atoms with Crippen LogP contribution in [0.25, 0.3) is 0 Å². The van der Waals surface area contributed by atoms with Gasteiger partial charge in [0.15, 0.2) is 0 Å². The molecule has 11 rings (SSSR count). The molecule has 262 valence electrons. The Kier molecular flexibility index (Phi) is 7.94. The van der Waals surface area contributed by atoms with Crippen molar-refractivity contribution in [2.45, 2.75) is 121 Å². The maximum Gasteiger partial charge on any atom is 0.0742 e. The monoisotopic (exact) mass is 715 g/mol. The van der Waals surface area contributed by atoms with Crippen molar-refractivity contribution < 1.29 is 0 Å². The molecule has 0 amide bonds. The van der Waals surface area contributed by atoms with Crippen molar-refractivity contribution in [3.63, 3.8) is 0 Å². The van der Waals surface area contributed by atoms with E-state index in [1.54, 1.807) is 21.1 Å². The Bertz CT molecular complexity index is 2130. The molecule has 3 aromatic carbocycles. The molecule has 0 bridgehead atoms. The summed E-state index contributed by atoms with van der Waals surface area (Å²) in [5, 5.41) is 0. The third-order valence-electron chi connectivity index (χ3n) is 14.0. The fourth-order valence-corrected chi connectivity index (χ4v) is 14.4. The van der Waals surface area contributed by atoms with Gasteiger partial charge in [0.1, 0.15) is 0 Å².